The topological polar surface area (TPSA) is 37.8 Å². The Morgan fingerprint density at radius 1 is 1.11 bits per heavy atom. The first-order valence-corrected chi connectivity index (χ1v) is 6.82. The number of benzene rings is 1. The summed E-state index contributed by atoms with van der Waals surface area (Å²) >= 11 is 5.97. The molecule has 4 heteroatoms. The van der Waals surface area contributed by atoms with Crippen LogP contribution in [0.15, 0.2) is 30.3 Å². The number of nitrogens with zero attached hydrogens (tertiary/aromatic N) is 2. The monoisotopic (exact) mass is 275 g/mol. The third-order valence-electron chi connectivity index (χ3n) is 3.39. The highest BCUT2D eigenvalue weighted by Gasteiger charge is 2.13. The van der Waals surface area contributed by atoms with Crippen molar-refractivity contribution in [1.82, 2.24) is 10.2 Å². The van der Waals surface area contributed by atoms with Gasteiger partial charge >= 0.3 is 0 Å². The Hall–Kier alpha value is -1.61. The van der Waals surface area contributed by atoms with Crippen molar-refractivity contribution in [3.8, 4) is 0 Å². The molecule has 2 rings (SSSR count). The summed E-state index contributed by atoms with van der Waals surface area (Å²) in [5.74, 6) is 0.803. The van der Waals surface area contributed by atoms with E-state index in [0.717, 1.165) is 23.4 Å². The predicted octanol–water partition coefficient (Wildman–Crippen LogP) is 4.31. The van der Waals surface area contributed by atoms with Crippen LogP contribution in [0.4, 0.5) is 5.82 Å². The molecule has 2 aromatic rings. The lowest BCUT2D eigenvalue weighted by molar-refractivity contribution is 0.738. The normalized spacial score (nSPS) is 12.2. The molecule has 1 N–H and O–H groups in total. The molecule has 3 nitrogen and oxygen atoms in total. The zero-order valence-corrected chi connectivity index (χ0v) is 12.2. The minimum atomic E-state index is 0.231. The average molecular weight is 276 g/mol. The zero-order valence-electron chi connectivity index (χ0n) is 11.4. The second kappa shape index (κ2) is 6.02. The largest absolute Gasteiger partial charge is 0.362 e. The van der Waals surface area contributed by atoms with Gasteiger partial charge in [0.25, 0.3) is 0 Å². The molecule has 0 aliphatic carbocycles. The highest BCUT2D eigenvalue weighted by molar-refractivity contribution is 6.30. The molecule has 0 saturated carbocycles. The van der Waals surface area contributed by atoms with Crippen molar-refractivity contribution < 1.29 is 0 Å². The maximum Gasteiger partial charge on any atom is 0.155 e. The van der Waals surface area contributed by atoms with Crippen molar-refractivity contribution in [2.75, 3.05) is 5.32 Å². The summed E-state index contributed by atoms with van der Waals surface area (Å²) in [6.45, 7) is 6.12. The lowest BCUT2D eigenvalue weighted by atomic mass is 10.0. The average Bonchev–Trinajstić information content (AvgIpc) is 2.45. The van der Waals surface area contributed by atoms with Gasteiger partial charge in [-0.05, 0) is 37.0 Å². The van der Waals surface area contributed by atoms with Crippen LogP contribution in [-0.4, -0.2) is 10.2 Å². The standard InChI is InChI=1S/C15H18ClN3/c1-4-13(12-8-6-5-7-9-12)17-15-11(3)10(2)14(16)18-19-15/h5-9,13H,4H2,1-3H3,(H,17,19). The molecule has 100 valence electrons. The SMILES string of the molecule is CCC(Nc1nnc(Cl)c(C)c1C)c1ccccc1. The van der Waals surface area contributed by atoms with Crippen LogP contribution in [-0.2, 0) is 0 Å². The number of rotatable bonds is 4. The predicted molar refractivity (Wildman–Crippen MR) is 79.6 cm³/mol. The second-order valence-electron chi connectivity index (χ2n) is 4.61. The molecule has 19 heavy (non-hydrogen) atoms. The van der Waals surface area contributed by atoms with Gasteiger partial charge in [-0.25, -0.2) is 0 Å². The molecule has 1 atom stereocenters. The number of aromatic nitrogens is 2. The molecule has 1 heterocycles. The molecule has 0 bridgehead atoms. The van der Waals surface area contributed by atoms with E-state index >= 15 is 0 Å². The molecule has 1 aromatic heterocycles. The number of hydrogen-bond donors (Lipinski definition) is 1. The van der Waals surface area contributed by atoms with Crippen LogP contribution in [0.5, 0.6) is 0 Å². The number of hydrogen-bond acceptors (Lipinski definition) is 3. The lowest BCUT2D eigenvalue weighted by Crippen LogP contribution is -2.13. The van der Waals surface area contributed by atoms with E-state index in [9.17, 15) is 0 Å². The van der Waals surface area contributed by atoms with E-state index in [1.54, 1.807) is 0 Å². The first kappa shape index (κ1) is 13.8. The minimum absolute atomic E-state index is 0.231. The third-order valence-corrected chi connectivity index (χ3v) is 3.75. The summed E-state index contributed by atoms with van der Waals surface area (Å²) in [4.78, 5) is 0. The molecule has 0 spiro atoms. The van der Waals surface area contributed by atoms with Gasteiger partial charge in [0.2, 0.25) is 0 Å². The molecule has 0 saturated heterocycles. The van der Waals surface area contributed by atoms with Crippen LogP contribution in [0.25, 0.3) is 0 Å². The molecule has 1 unspecified atom stereocenters. The van der Waals surface area contributed by atoms with Gasteiger partial charge in [0, 0.05) is 0 Å². The van der Waals surface area contributed by atoms with Gasteiger partial charge in [-0.3, -0.25) is 0 Å². The highest BCUT2D eigenvalue weighted by atomic mass is 35.5. The number of nitrogens with one attached hydrogen (secondary N) is 1. The fourth-order valence-corrected chi connectivity index (χ4v) is 2.16. The summed E-state index contributed by atoms with van der Waals surface area (Å²) in [6.07, 6.45) is 0.979. The number of anilines is 1. The smallest absolute Gasteiger partial charge is 0.155 e. The molecule has 0 radical (unpaired) electrons. The van der Waals surface area contributed by atoms with Gasteiger partial charge in [0.15, 0.2) is 11.0 Å². The van der Waals surface area contributed by atoms with E-state index in [1.807, 2.05) is 32.0 Å². The first-order chi connectivity index (χ1) is 9.13. The van der Waals surface area contributed by atoms with Crippen molar-refractivity contribution in [2.45, 2.75) is 33.2 Å². The Balaban J connectivity index is 2.27. The zero-order chi connectivity index (χ0) is 13.8. The van der Waals surface area contributed by atoms with Crippen molar-refractivity contribution in [1.29, 1.82) is 0 Å². The van der Waals surface area contributed by atoms with Gasteiger partial charge in [-0.15, -0.1) is 10.2 Å². The Kier molecular flexibility index (Phi) is 4.38. The molecule has 1 aromatic carbocycles. The van der Waals surface area contributed by atoms with Crippen molar-refractivity contribution >= 4 is 17.4 Å². The molecular formula is C15H18ClN3. The molecular weight excluding hydrogens is 258 g/mol. The minimum Gasteiger partial charge on any atom is -0.362 e. The third kappa shape index (κ3) is 3.04. The van der Waals surface area contributed by atoms with Crippen LogP contribution >= 0.6 is 11.6 Å². The summed E-state index contributed by atoms with van der Waals surface area (Å²) in [5, 5.41) is 12.0. The van der Waals surface area contributed by atoms with E-state index in [-0.39, 0.29) is 6.04 Å². The fraction of sp³-hybridized carbons (Fsp3) is 0.333. The van der Waals surface area contributed by atoms with Gasteiger partial charge in [0.1, 0.15) is 0 Å². The van der Waals surface area contributed by atoms with E-state index < -0.39 is 0 Å². The Morgan fingerprint density at radius 3 is 2.42 bits per heavy atom. The van der Waals surface area contributed by atoms with Crippen LogP contribution < -0.4 is 5.32 Å². The Morgan fingerprint density at radius 2 is 1.79 bits per heavy atom. The summed E-state index contributed by atoms with van der Waals surface area (Å²) < 4.78 is 0. The van der Waals surface area contributed by atoms with Gasteiger partial charge in [0.05, 0.1) is 6.04 Å². The molecule has 0 amide bonds. The first-order valence-electron chi connectivity index (χ1n) is 6.44. The van der Waals surface area contributed by atoms with Gasteiger partial charge < -0.3 is 5.32 Å². The summed E-state index contributed by atoms with van der Waals surface area (Å²) in [6, 6.07) is 10.6. The number of halogens is 1. The van der Waals surface area contributed by atoms with E-state index in [1.165, 1.54) is 5.56 Å². The van der Waals surface area contributed by atoms with Crippen LogP contribution in [0.2, 0.25) is 5.15 Å². The van der Waals surface area contributed by atoms with Crippen molar-refractivity contribution in [2.24, 2.45) is 0 Å². The molecule has 0 aliphatic heterocycles. The fourth-order valence-electron chi connectivity index (χ4n) is 1.98. The van der Waals surface area contributed by atoms with Crippen LogP contribution in [0.3, 0.4) is 0 Å². The maximum absolute atomic E-state index is 5.97. The maximum atomic E-state index is 5.97. The van der Waals surface area contributed by atoms with Crippen molar-refractivity contribution in [3.05, 3.63) is 52.2 Å². The Bertz CT molecular complexity index is 555. The van der Waals surface area contributed by atoms with Crippen molar-refractivity contribution in [3.63, 3.8) is 0 Å². The Labute approximate surface area is 119 Å². The van der Waals surface area contributed by atoms with E-state index in [2.05, 4.69) is 34.6 Å². The summed E-state index contributed by atoms with van der Waals surface area (Å²) in [7, 11) is 0. The quantitative estimate of drug-likeness (QED) is 0.903. The van der Waals surface area contributed by atoms with Gasteiger partial charge in [-0.1, -0.05) is 48.9 Å². The van der Waals surface area contributed by atoms with E-state index in [0.29, 0.717) is 5.15 Å². The molecule has 0 fully saturated rings. The molecule has 0 aliphatic rings. The lowest BCUT2D eigenvalue weighted by Gasteiger charge is -2.19. The highest BCUT2D eigenvalue weighted by Crippen LogP contribution is 2.26. The van der Waals surface area contributed by atoms with Crippen LogP contribution in [0, 0.1) is 13.8 Å². The van der Waals surface area contributed by atoms with E-state index in [4.69, 9.17) is 11.6 Å². The summed E-state index contributed by atoms with van der Waals surface area (Å²) in [5.41, 5.74) is 3.27. The second-order valence-corrected chi connectivity index (χ2v) is 4.96. The van der Waals surface area contributed by atoms with Crippen LogP contribution in [0.1, 0.15) is 36.1 Å². The van der Waals surface area contributed by atoms with Gasteiger partial charge in [-0.2, -0.15) is 0 Å².